The van der Waals surface area contributed by atoms with Gasteiger partial charge in [0.15, 0.2) is 0 Å². The van der Waals surface area contributed by atoms with E-state index in [1.807, 2.05) is 36.4 Å². The SMILES string of the molecule is CCCNC(Cc1c(Cl)cccc1Cl)c1cccc(Cl)c1. The zero-order valence-corrected chi connectivity index (χ0v) is 14.1. The second-order valence-electron chi connectivity index (χ2n) is 4.97. The number of hydrogen-bond acceptors (Lipinski definition) is 1. The number of halogens is 3. The Balaban J connectivity index is 2.28. The van der Waals surface area contributed by atoms with E-state index >= 15 is 0 Å². The zero-order valence-electron chi connectivity index (χ0n) is 11.9. The van der Waals surface area contributed by atoms with Gasteiger partial charge in [-0.05, 0) is 54.8 Å². The maximum absolute atomic E-state index is 6.29. The summed E-state index contributed by atoms with van der Waals surface area (Å²) in [5.74, 6) is 0. The fourth-order valence-electron chi connectivity index (χ4n) is 2.28. The monoisotopic (exact) mass is 341 g/mol. The van der Waals surface area contributed by atoms with E-state index < -0.39 is 0 Å². The highest BCUT2D eigenvalue weighted by molar-refractivity contribution is 6.36. The Morgan fingerprint density at radius 2 is 1.67 bits per heavy atom. The summed E-state index contributed by atoms with van der Waals surface area (Å²) in [6, 6.07) is 13.7. The topological polar surface area (TPSA) is 12.0 Å². The molecule has 112 valence electrons. The quantitative estimate of drug-likeness (QED) is 0.686. The van der Waals surface area contributed by atoms with E-state index in [1.54, 1.807) is 0 Å². The highest BCUT2D eigenvalue weighted by atomic mass is 35.5. The Bertz CT molecular complexity index is 578. The normalized spacial score (nSPS) is 12.4. The van der Waals surface area contributed by atoms with E-state index in [4.69, 9.17) is 34.8 Å². The first-order chi connectivity index (χ1) is 10.1. The van der Waals surface area contributed by atoms with Crippen molar-refractivity contribution in [3.05, 3.63) is 68.7 Å². The van der Waals surface area contributed by atoms with Crippen LogP contribution in [0.2, 0.25) is 15.1 Å². The molecule has 0 saturated heterocycles. The van der Waals surface area contributed by atoms with Gasteiger partial charge in [0.25, 0.3) is 0 Å². The number of hydrogen-bond donors (Lipinski definition) is 1. The van der Waals surface area contributed by atoms with Gasteiger partial charge in [0, 0.05) is 21.1 Å². The van der Waals surface area contributed by atoms with Crippen molar-refractivity contribution < 1.29 is 0 Å². The van der Waals surface area contributed by atoms with Crippen LogP contribution in [0.25, 0.3) is 0 Å². The third-order valence-electron chi connectivity index (χ3n) is 3.36. The third kappa shape index (κ3) is 4.62. The second-order valence-corrected chi connectivity index (χ2v) is 6.22. The molecule has 0 fully saturated rings. The molecule has 0 aliphatic carbocycles. The Hall–Kier alpha value is -0.730. The van der Waals surface area contributed by atoms with Crippen molar-refractivity contribution in [2.75, 3.05) is 6.54 Å². The average Bonchev–Trinajstić information content (AvgIpc) is 2.46. The van der Waals surface area contributed by atoms with E-state index in [9.17, 15) is 0 Å². The Labute approximate surface area is 141 Å². The molecule has 1 N–H and O–H groups in total. The minimum absolute atomic E-state index is 0.140. The zero-order chi connectivity index (χ0) is 15.2. The van der Waals surface area contributed by atoms with Crippen LogP contribution in [0.1, 0.15) is 30.5 Å². The molecule has 0 aliphatic heterocycles. The van der Waals surface area contributed by atoms with Crippen molar-refractivity contribution in [2.24, 2.45) is 0 Å². The summed E-state index contributed by atoms with van der Waals surface area (Å²) >= 11 is 18.7. The first-order valence-electron chi connectivity index (χ1n) is 7.03. The van der Waals surface area contributed by atoms with Crippen molar-refractivity contribution >= 4 is 34.8 Å². The molecule has 0 amide bonds. The largest absolute Gasteiger partial charge is 0.310 e. The summed E-state index contributed by atoms with van der Waals surface area (Å²) in [6.45, 7) is 3.07. The number of rotatable bonds is 6. The number of benzene rings is 2. The van der Waals surface area contributed by atoms with Gasteiger partial charge in [-0.1, -0.05) is 59.9 Å². The predicted molar refractivity (Wildman–Crippen MR) is 92.7 cm³/mol. The van der Waals surface area contributed by atoms with Crippen molar-refractivity contribution in [1.82, 2.24) is 5.32 Å². The minimum atomic E-state index is 0.140. The molecule has 4 heteroatoms. The lowest BCUT2D eigenvalue weighted by Gasteiger charge is -2.20. The first kappa shape index (κ1) is 16.6. The van der Waals surface area contributed by atoms with E-state index in [1.165, 1.54) is 0 Å². The molecular formula is C17H18Cl3N. The van der Waals surface area contributed by atoms with Gasteiger partial charge in [0.2, 0.25) is 0 Å². The van der Waals surface area contributed by atoms with Crippen LogP contribution in [0, 0.1) is 0 Å². The van der Waals surface area contributed by atoms with Crippen LogP contribution in [-0.4, -0.2) is 6.54 Å². The maximum atomic E-state index is 6.29. The van der Waals surface area contributed by atoms with Gasteiger partial charge in [-0.3, -0.25) is 0 Å². The van der Waals surface area contributed by atoms with Crippen molar-refractivity contribution in [3.8, 4) is 0 Å². The summed E-state index contributed by atoms with van der Waals surface area (Å²) in [5.41, 5.74) is 2.11. The smallest absolute Gasteiger partial charge is 0.0453 e. The lowest BCUT2D eigenvalue weighted by Crippen LogP contribution is -2.24. The van der Waals surface area contributed by atoms with Crippen LogP contribution in [0.3, 0.4) is 0 Å². The second kappa shape index (κ2) is 8.05. The predicted octanol–water partition coefficient (Wildman–Crippen LogP) is 5.93. The van der Waals surface area contributed by atoms with Gasteiger partial charge in [-0.2, -0.15) is 0 Å². The molecule has 0 aromatic heterocycles. The van der Waals surface area contributed by atoms with Gasteiger partial charge >= 0.3 is 0 Å². The van der Waals surface area contributed by atoms with E-state index in [0.717, 1.165) is 35.5 Å². The van der Waals surface area contributed by atoms with Crippen molar-refractivity contribution in [1.29, 1.82) is 0 Å². The molecule has 2 rings (SSSR count). The molecule has 21 heavy (non-hydrogen) atoms. The molecule has 0 heterocycles. The Morgan fingerprint density at radius 3 is 2.29 bits per heavy atom. The maximum Gasteiger partial charge on any atom is 0.0453 e. The standard InChI is InChI=1S/C17H18Cl3N/c1-2-9-21-17(12-5-3-6-13(18)10-12)11-14-15(19)7-4-8-16(14)20/h3-8,10,17,21H,2,9,11H2,1H3. The minimum Gasteiger partial charge on any atom is -0.310 e. The van der Waals surface area contributed by atoms with Crippen LogP contribution in [0.4, 0.5) is 0 Å². The van der Waals surface area contributed by atoms with Crippen molar-refractivity contribution in [2.45, 2.75) is 25.8 Å². The molecule has 2 aromatic rings. The van der Waals surface area contributed by atoms with E-state index in [-0.39, 0.29) is 6.04 Å². The van der Waals surface area contributed by atoms with Gasteiger partial charge in [0.05, 0.1) is 0 Å². The highest BCUT2D eigenvalue weighted by Gasteiger charge is 2.15. The molecule has 1 unspecified atom stereocenters. The van der Waals surface area contributed by atoms with E-state index in [0.29, 0.717) is 10.0 Å². The Morgan fingerprint density at radius 1 is 1.00 bits per heavy atom. The molecule has 0 saturated carbocycles. The molecule has 0 bridgehead atoms. The average molecular weight is 343 g/mol. The molecule has 1 nitrogen and oxygen atoms in total. The van der Waals surface area contributed by atoms with Crippen LogP contribution < -0.4 is 5.32 Å². The van der Waals surface area contributed by atoms with E-state index in [2.05, 4.69) is 18.3 Å². The molecule has 2 aromatic carbocycles. The van der Waals surface area contributed by atoms with Gasteiger partial charge in [-0.25, -0.2) is 0 Å². The lowest BCUT2D eigenvalue weighted by molar-refractivity contribution is 0.529. The molecule has 1 atom stereocenters. The van der Waals surface area contributed by atoms with Gasteiger partial charge < -0.3 is 5.32 Å². The number of nitrogens with one attached hydrogen (secondary N) is 1. The summed E-state index contributed by atoms with van der Waals surface area (Å²) in [6.07, 6.45) is 1.80. The Kier molecular flexibility index (Phi) is 6.38. The fraction of sp³-hybridized carbons (Fsp3) is 0.294. The summed E-state index contributed by atoms with van der Waals surface area (Å²) in [5, 5.41) is 5.68. The lowest BCUT2D eigenvalue weighted by atomic mass is 9.98. The first-order valence-corrected chi connectivity index (χ1v) is 8.17. The molecular weight excluding hydrogens is 325 g/mol. The van der Waals surface area contributed by atoms with Crippen LogP contribution in [0.15, 0.2) is 42.5 Å². The highest BCUT2D eigenvalue weighted by Crippen LogP contribution is 2.30. The van der Waals surface area contributed by atoms with Crippen LogP contribution >= 0.6 is 34.8 Å². The summed E-state index contributed by atoms with van der Waals surface area (Å²) in [4.78, 5) is 0. The molecule has 0 aliphatic rings. The van der Waals surface area contributed by atoms with Gasteiger partial charge in [0.1, 0.15) is 0 Å². The summed E-state index contributed by atoms with van der Waals surface area (Å²) in [7, 11) is 0. The fourth-order valence-corrected chi connectivity index (χ4v) is 3.03. The van der Waals surface area contributed by atoms with Gasteiger partial charge in [-0.15, -0.1) is 0 Å². The molecule has 0 spiro atoms. The van der Waals surface area contributed by atoms with Crippen molar-refractivity contribution in [3.63, 3.8) is 0 Å². The van der Waals surface area contributed by atoms with Crippen LogP contribution in [0.5, 0.6) is 0 Å². The van der Waals surface area contributed by atoms with Crippen LogP contribution in [-0.2, 0) is 6.42 Å². The molecule has 0 radical (unpaired) electrons. The third-order valence-corrected chi connectivity index (χ3v) is 4.31. The summed E-state index contributed by atoms with van der Waals surface area (Å²) < 4.78 is 0.